The largest absolute Gasteiger partial charge is 0.309 e. The summed E-state index contributed by atoms with van der Waals surface area (Å²) in [5.41, 5.74) is 10.6. The lowest BCUT2D eigenvalue weighted by atomic mass is 9.90. The fourth-order valence-electron chi connectivity index (χ4n) is 7.50. The van der Waals surface area contributed by atoms with Crippen molar-refractivity contribution in [2.45, 2.75) is 0 Å². The van der Waals surface area contributed by atoms with Crippen LogP contribution in [-0.4, -0.2) is 9.13 Å². The van der Waals surface area contributed by atoms with Gasteiger partial charge in [-0.15, -0.1) is 0 Å². The fraction of sp³-hybridized carbons (Fsp3) is 0. The average Bonchev–Trinajstić information content (AvgIpc) is 3.70. The van der Waals surface area contributed by atoms with E-state index in [1.807, 2.05) is 78.9 Å². The molecule has 5 heteroatoms. The smallest absolute Gasteiger partial charge is 0.195 e. The maximum atomic E-state index is 10.9. The van der Waals surface area contributed by atoms with Crippen molar-refractivity contribution in [3.05, 3.63) is 174 Å². The standard InChI is InChI=1S/C45H25N5/c1-48-40-23-22-30(49-41-17-6-5-14-36(41)38-25-29(27-46)21-24-45(38)49)26-37(40)32-16-10-15-31(39(32)28-47)33-11-2-7-18-42(33)50-43-19-8-3-12-34(43)35-13-4-9-20-44(35)50/h2-26H. The zero-order chi connectivity index (χ0) is 33.8. The van der Waals surface area contributed by atoms with Crippen molar-refractivity contribution >= 4 is 49.3 Å². The Bertz CT molecular complexity index is 2920. The number of hydrogen-bond acceptors (Lipinski definition) is 2. The summed E-state index contributed by atoms with van der Waals surface area (Å²) in [5.74, 6) is 0. The van der Waals surface area contributed by atoms with Crippen molar-refractivity contribution in [3.63, 3.8) is 0 Å². The molecule has 0 bridgehead atoms. The van der Waals surface area contributed by atoms with Crippen LogP contribution >= 0.6 is 0 Å². The van der Waals surface area contributed by atoms with Crippen LogP contribution in [0.3, 0.4) is 0 Å². The van der Waals surface area contributed by atoms with Gasteiger partial charge in [-0.25, -0.2) is 4.85 Å². The van der Waals surface area contributed by atoms with Crippen LogP contribution in [0.15, 0.2) is 152 Å². The van der Waals surface area contributed by atoms with Gasteiger partial charge >= 0.3 is 0 Å². The van der Waals surface area contributed by atoms with Crippen molar-refractivity contribution in [1.82, 2.24) is 9.13 Å². The molecule has 9 aromatic rings. The summed E-state index contributed by atoms with van der Waals surface area (Å²) in [6, 6.07) is 55.4. The van der Waals surface area contributed by atoms with Crippen LogP contribution in [0.1, 0.15) is 11.1 Å². The molecule has 230 valence electrons. The van der Waals surface area contributed by atoms with E-state index >= 15 is 0 Å². The number of hydrogen-bond donors (Lipinski definition) is 0. The predicted octanol–water partition coefficient (Wildman–Crippen LogP) is 11.5. The highest BCUT2D eigenvalue weighted by molar-refractivity contribution is 6.11. The zero-order valence-electron chi connectivity index (χ0n) is 26.7. The van der Waals surface area contributed by atoms with Crippen molar-refractivity contribution < 1.29 is 0 Å². The van der Waals surface area contributed by atoms with Gasteiger partial charge in [-0.2, -0.15) is 10.5 Å². The monoisotopic (exact) mass is 635 g/mol. The van der Waals surface area contributed by atoms with E-state index in [1.165, 1.54) is 10.8 Å². The normalized spacial score (nSPS) is 11.1. The highest BCUT2D eigenvalue weighted by Gasteiger charge is 2.21. The summed E-state index contributed by atoms with van der Waals surface area (Å²) < 4.78 is 4.44. The van der Waals surface area contributed by atoms with Crippen molar-refractivity contribution in [2.24, 2.45) is 0 Å². The number of para-hydroxylation sites is 4. The minimum absolute atomic E-state index is 0.464. The third-order valence-electron chi connectivity index (χ3n) is 9.64. The maximum absolute atomic E-state index is 10.9. The van der Waals surface area contributed by atoms with Crippen LogP contribution < -0.4 is 0 Å². The molecule has 50 heavy (non-hydrogen) atoms. The number of nitriles is 2. The molecule has 0 fully saturated rings. The average molecular weight is 636 g/mol. The summed E-state index contributed by atoms with van der Waals surface area (Å²) in [4.78, 5) is 3.91. The Morgan fingerprint density at radius 2 is 1.02 bits per heavy atom. The van der Waals surface area contributed by atoms with Crippen LogP contribution in [0, 0.1) is 29.2 Å². The molecule has 0 atom stereocenters. The molecule has 0 spiro atoms. The lowest BCUT2D eigenvalue weighted by Crippen LogP contribution is -1.99. The molecule has 2 aromatic heterocycles. The lowest BCUT2D eigenvalue weighted by molar-refractivity contribution is 1.18. The van der Waals surface area contributed by atoms with E-state index in [-0.39, 0.29) is 0 Å². The fourth-order valence-corrected chi connectivity index (χ4v) is 7.50. The van der Waals surface area contributed by atoms with E-state index in [0.717, 1.165) is 55.3 Å². The van der Waals surface area contributed by atoms with E-state index in [4.69, 9.17) is 6.57 Å². The van der Waals surface area contributed by atoms with Gasteiger partial charge in [-0.1, -0.05) is 97.1 Å². The highest BCUT2D eigenvalue weighted by atomic mass is 15.0. The van der Waals surface area contributed by atoms with Crippen LogP contribution in [0.5, 0.6) is 0 Å². The second kappa shape index (κ2) is 11.4. The topological polar surface area (TPSA) is 61.8 Å². The summed E-state index contributed by atoms with van der Waals surface area (Å²) >= 11 is 0. The second-order valence-corrected chi connectivity index (χ2v) is 12.2. The van der Waals surface area contributed by atoms with E-state index < -0.39 is 0 Å². The van der Waals surface area contributed by atoms with Crippen molar-refractivity contribution in [2.75, 3.05) is 0 Å². The van der Waals surface area contributed by atoms with E-state index in [2.05, 4.69) is 98.9 Å². The van der Waals surface area contributed by atoms with Crippen molar-refractivity contribution in [1.29, 1.82) is 10.5 Å². The van der Waals surface area contributed by atoms with E-state index in [1.54, 1.807) is 0 Å². The first-order valence-electron chi connectivity index (χ1n) is 16.3. The van der Waals surface area contributed by atoms with Gasteiger partial charge in [0, 0.05) is 38.4 Å². The number of nitrogens with zero attached hydrogens (tertiary/aromatic N) is 5. The molecule has 0 amide bonds. The van der Waals surface area contributed by atoms with E-state index in [0.29, 0.717) is 27.9 Å². The molecule has 0 saturated carbocycles. The van der Waals surface area contributed by atoms with Gasteiger partial charge in [0.2, 0.25) is 0 Å². The molecular formula is C45H25N5. The molecule has 0 aliphatic carbocycles. The van der Waals surface area contributed by atoms with Gasteiger partial charge < -0.3 is 9.13 Å². The number of aromatic nitrogens is 2. The Balaban J connectivity index is 1.28. The second-order valence-electron chi connectivity index (χ2n) is 12.2. The quantitative estimate of drug-likeness (QED) is 0.181. The molecule has 0 N–H and O–H groups in total. The summed E-state index contributed by atoms with van der Waals surface area (Å²) in [5, 5.41) is 24.8. The molecule has 2 heterocycles. The third kappa shape index (κ3) is 4.24. The van der Waals surface area contributed by atoms with Crippen LogP contribution in [0.25, 0.3) is 82.1 Å². The van der Waals surface area contributed by atoms with Crippen LogP contribution in [-0.2, 0) is 0 Å². The minimum atomic E-state index is 0.464. The molecule has 0 aliphatic rings. The minimum Gasteiger partial charge on any atom is -0.309 e. The molecule has 9 rings (SSSR count). The van der Waals surface area contributed by atoms with Gasteiger partial charge in [0.1, 0.15) is 6.07 Å². The maximum Gasteiger partial charge on any atom is 0.195 e. The van der Waals surface area contributed by atoms with Gasteiger partial charge in [-0.05, 0) is 65.7 Å². The third-order valence-corrected chi connectivity index (χ3v) is 9.64. The number of rotatable bonds is 4. The Morgan fingerprint density at radius 1 is 0.460 bits per heavy atom. The summed E-state index contributed by atoms with van der Waals surface area (Å²) in [7, 11) is 0. The van der Waals surface area contributed by atoms with Gasteiger partial charge in [0.05, 0.1) is 51.5 Å². The van der Waals surface area contributed by atoms with Gasteiger partial charge in [0.25, 0.3) is 0 Å². The first-order valence-corrected chi connectivity index (χ1v) is 16.3. The predicted molar refractivity (Wildman–Crippen MR) is 202 cm³/mol. The Morgan fingerprint density at radius 3 is 1.68 bits per heavy atom. The van der Waals surface area contributed by atoms with Gasteiger partial charge in [0.15, 0.2) is 5.69 Å². The number of benzene rings is 7. The molecular weight excluding hydrogens is 611 g/mol. The first kappa shape index (κ1) is 28.8. The Labute approximate surface area is 288 Å². The van der Waals surface area contributed by atoms with E-state index in [9.17, 15) is 10.5 Å². The molecule has 7 aromatic carbocycles. The Hall–Kier alpha value is -7.39. The van der Waals surface area contributed by atoms with Crippen LogP contribution in [0.2, 0.25) is 0 Å². The first-order chi connectivity index (χ1) is 24.7. The highest BCUT2D eigenvalue weighted by Crippen LogP contribution is 2.42. The Kier molecular flexibility index (Phi) is 6.56. The molecule has 0 radical (unpaired) electrons. The lowest BCUT2D eigenvalue weighted by Gasteiger charge is -2.17. The summed E-state index contributed by atoms with van der Waals surface area (Å²) in [6.07, 6.45) is 0. The van der Waals surface area contributed by atoms with Gasteiger partial charge in [-0.3, -0.25) is 0 Å². The van der Waals surface area contributed by atoms with Crippen molar-refractivity contribution in [3.8, 4) is 45.8 Å². The SMILES string of the molecule is [C-]#[N+]c1ccc(-n2c3ccccc3c3cc(C#N)ccc32)cc1-c1cccc(-c2ccccc2-n2c3ccccc3c3ccccc32)c1C#N. The zero-order valence-corrected chi connectivity index (χ0v) is 26.7. The summed E-state index contributed by atoms with van der Waals surface area (Å²) in [6.45, 7) is 8.11. The molecule has 0 saturated heterocycles. The number of fused-ring (bicyclic) bond motifs is 6. The van der Waals surface area contributed by atoms with Crippen LogP contribution in [0.4, 0.5) is 5.69 Å². The molecule has 0 aliphatic heterocycles. The molecule has 0 unspecified atom stereocenters. The molecule has 5 nitrogen and oxygen atoms in total.